The molecule has 3 heterocycles. The zero-order chi connectivity index (χ0) is 21.4. The topological polar surface area (TPSA) is 6.48 Å². The first-order chi connectivity index (χ1) is 15.1. The maximum Gasteiger partial charge on any atom is 0.149 e. The van der Waals surface area contributed by atoms with Crippen LogP contribution >= 0.6 is 0 Å². The van der Waals surface area contributed by atoms with Gasteiger partial charge in [-0.2, -0.15) is 0 Å². The Kier molecular flexibility index (Phi) is 5.49. The molecule has 2 atom stereocenters. The number of hydrogen-bond acceptors (Lipinski definition) is 2. The molecule has 2 nitrogen and oxygen atoms in total. The zero-order valence-corrected chi connectivity index (χ0v) is 17.8. The monoisotopic (exact) mass is 418 g/mol. The lowest BCUT2D eigenvalue weighted by Gasteiger charge is -2.56. The molecule has 0 N–H and O–H groups in total. The number of piperidine rings is 3. The Labute approximate surface area is 183 Å². The van der Waals surface area contributed by atoms with Gasteiger partial charge in [0.25, 0.3) is 0 Å². The summed E-state index contributed by atoms with van der Waals surface area (Å²) in [6.07, 6.45) is 2.13. The van der Waals surface area contributed by atoms with Gasteiger partial charge in [-0.3, -0.25) is 4.90 Å². The van der Waals surface area contributed by atoms with Crippen molar-refractivity contribution in [2.45, 2.75) is 30.8 Å². The zero-order valence-electron chi connectivity index (χ0n) is 17.8. The molecule has 160 valence electrons. The van der Waals surface area contributed by atoms with E-state index < -0.39 is 11.6 Å². The van der Waals surface area contributed by atoms with Crippen molar-refractivity contribution in [2.24, 2.45) is 5.92 Å². The van der Waals surface area contributed by atoms with Gasteiger partial charge in [-0.1, -0.05) is 66.7 Å². The number of para-hydroxylation sites is 1. The Morgan fingerprint density at radius 2 is 1.29 bits per heavy atom. The average Bonchev–Trinajstić information content (AvgIpc) is 2.81. The van der Waals surface area contributed by atoms with Crippen LogP contribution in [0.1, 0.15) is 29.9 Å². The normalized spacial score (nSPS) is 25.0. The molecule has 0 amide bonds. The van der Waals surface area contributed by atoms with Crippen molar-refractivity contribution in [3.8, 4) is 0 Å². The van der Waals surface area contributed by atoms with E-state index in [9.17, 15) is 8.78 Å². The summed E-state index contributed by atoms with van der Waals surface area (Å²) in [5, 5.41) is 0. The maximum absolute atomic E-state index is 14.8. The minimum atomic E-state index is -0.492. The Morgan fingerprint density at radius 1 is 0.774 bits per heavy atom. The number of benzene rings is 3. The third-order valence-electron chi connectivity index (χ3n) is 7.23. The van der Waals surface area contributed by atoms with Gasteiger partial charge in [0.05, 0.1) is 0 Å². The second kappa shape index (κ2) is 8.43. The lowest BCUT2D eigenvalue weighted by Crippen LogP contribution is -2.65. The van der Waals surface area contributed by atoms with Crippen molar-refractivity contribution in [1.29, 1.82) is 0 Å². The fraction of sp³-hybridized carbons (Fsp3) is 0.333. The number of anilines is 1. The lowest BCUT2D eigenvalue weighted by molar-refractivity contribution is 0.0182. The third-order valence-corrected chi connectivity index (χ3v) is 7.23. The minimum Gasteiger partial charge on any atom is -0.365 e. The van der Waals surface area contributed by atoms with E-state index in [2.05, 4.69) is 53.4 Å². The highest BCUT2D eigenvalue weighted by Gasteiger charge is 2.48. The van der Waals surface area contributed by atoms with E-state index >= 15 is 0 Å². The largest absolute Gasteiger partial charge is 0.365 e. The van der Waals surface area contributed by atoms with E-state index in [1.807, 2.05) is 24.1 Å². The van der Waals surface area contributed by atoms with E-state index in [1.54, 1.807) is 0 Å². The number of nitrogens with zero attached hydrogens (tertiary/aromatic N) is 2. The number of fused-ring (bicyclic) bond motifs is 3. The van der Waals surface area contributed by atoms with Crippen molar-refractivity contribution in [2.75, 3.05) is 25.0 Å². The molecule has 3 aliphatic rings. The molecule has 4 heteroatoms. The summed E-state index contributed by atoms with van der Waals surface area (Å²) < 4.78 is 29.6. The summed E-state index contributed by atoms with van der Waals surface area (Å²) in [5.74, 6) is -0.441. The van der Waals surface area contributed by atoms with Gasteiger partial charge < -0.3 is 4.90 Å². The Hall–Kier alpha value is -2.72. The standard InChI is InChI=1S/C27H28F2N2/c1-30(26-22(28)13-8-14-23(26)29)25-21-15-17-31(18-16-21)27(25)24(19-9-4-2-5-10-19)20-11-6-3-7-12-20/h2-14,21,24-25,27H,15-18H2,1H3/t25-,27-/m1/s1. The summed E-state index contributed by atoms with van der Waals surface area (Å²) in [6, 6.07) is 25.4. The fourth-order valence-corrected chi connectivity index (χ4v) is 5.89. The van der Waals surface area contributed by atoms with E-state index in [0.717, 1.165) is 25.9 Å². The Morgan fingerprint density at radius 3 is 1.81 bits per heavy atom. The number of rotatable bonds is 5. The highest BCUT2D eigenvalue weighted by molar-refractivity contribution is 5.51. The van der Waals surface area contributed by atoms with Crippen molar-refractivity contribution in [3.05, 3.63) is 102 Å². The predicted octanol–water partition coefficient (Wildman–Crippen LogP) is 5.70. The summed E-state index contributed by atoms with van der Waals surface area (Å²) >= 11 is 0. The smallest absolute Gasteiger partial charge is 0.149 e. The van der Waals surface area contributed by atoms with E-state index in [0.29, 0.717) is 5.92 Å². The molecule has 6 rings (SSSR count). The van der Waals surface area contributed by atoms with Crippen LogP contribution in [0, 0.1) is 17.6 Å². The van der Waals surface area contributed by atoms with Crippen LogP contribution in [0.3, 0.4) is 0 Å². The van der Waals surface area contributed by atoms with Crippen LogP contribution in [0.15, 0.2) is 78.9 Å². The first-order valence-electron chi connectivity index (χ1n) is 11.2. The van der Waals surface area contributed by atoms with Crippen molar-refractivity contribution in [1.82, 2.24) is 4.90 Å². The van der Waals surface area contributed by atoms with Crippen molar-refractivity contribution < 1.29 is 8.78 Å². The molecule has 0 spiro atoms. The van der Waals surface area contributed by atoms with Gasteiger partial charge in [-0.25, -0.2) is 8.78 Å². The van der Waals surface area contributed by atoms with Gasteiger partial charge in [0.1, 0.15) is 17.3 Å². The van der Waals surface area contributed by atoms with Crippen LogP contribution in [-0.2, 0) is 0 Å². The molecule has 2 bridgehead atoms. The van der Waals surface area contributed by atoms with Gasteiger partial charge in [-0.15, -0.1) is 0 Å². The summed E-state index contributed by atoms with van der Waals surface area (Å²) in [5.41, 5.74) is 2.59. The van der Waals surface area contributed by atoms with Gasteiger partial charge in [0.2, 0.25) is 0 Å². The lowest BCUT2D eigenvalue weighted by atomic mass is 9.70. The van der Waals surface area contributed by atoms with E-state index in [4.69, 9.17) is 0 Å². The predicted molar refractivity (Wildman–Crippen MR) is 121 cm³/mol. The van der Waals surface area contributed by atoms with Gasteiger partial charge in [-0.05, 0) is 55.1 Å². The third kappa shape index (κ3) is 3.63. The van der Waals surface area contributed by atoms with Gasteiger partial charge in [0, 0.05) is 25.0 Å². The molecule has 0 radical (unpaired) electrons. The number of likely N-dealkylation sites (N-methyl/N-ethyl adjacent to an activating group) is 1. The van der Waals surface area contributed by atoms with E-state index in [-0.39, 0.29) is 23.7 Å². The number of halogens is 2. The summed E-state index contributed by atoms with van der Waals surface area (Å²) in [4.78, 5) is 4.44. The quantitative estimate of drug-likeness (QED) is 0.525. The van der Waals surface area contributed by atoms with Crippen molar-refractivity contribution in [3.63, 3.8) is 0 Å². The summed E-state index contributed by atoms with van der Waals surface area (Å²) in [6.45, 7) is 2.07. The van der Waals surface area contributed by atoms with Gasteiger partial charge in [0.15, 0.2) is 0 Å². The second-order valence-corrected chi connectivity index (χ2v) is 8.83. The second-order valence-electron chi connectivity index (χ2n) is 8.83. The van der Waals surface area contributed by atoms with Crippen molar-refractivity contribution >= 4 is 5.69 Å². The molecular formula is C27H28F2N2. The van der Waals surface area contributed by atoms with Crippen LogP contribution < -0.4 is 4.90 Å². The van der Waals surface area contributed by atoms with Crippen LogP contribution in [-0.4, -0.2) is 37.1 Å². The molecule has 3 aliphatic heterocycles. The molecule has 31 heavy (non-hydrogen) atoms. The maximum atomic E-state index is 14.8. The van der Waals surface area contributed by atoms with Crippen LogP contribution in [0.4, 0.5) is 14.5 Å². The first-order valence-corrected chi connectivity index (χ1v) is 11.2. The molecule has 3 fully saturated rings. The van der Waals surface area contributed by atoms with Crippen LogP contribution in [0.5, 0.6) is 0 Å². The molecular weight excluding hydrogens is 390 g/mol. The van der Waals surface area contributed by atoms with Crippen LogP contribution in [0.2, 0.25) is 0 Å². The SMILES string of the molecule is CN(c1c(F)cccc1F)[C@@H]1C2CCN(CC2)[C@@H]1C(c1ccccc1)c1ccccc1. The average molecular weight is 419 g/mol. The molecule has 3 saturated heterocycles. The molecule has 0 saturated carbocycles. The fourth-order valence-electron chi connectivity index (χ4n) is 5.89. The first kappa shape index (κ1) is 20.2. The summed E-state index contributed by atoms with van der Waals surface area (Å²) in [7, 11) is 1.87. The highest BCUT2D eigenvalue weighted by atomic mass is 19.1. The van der Waals surface area contributed by atoms with Crippen LogP contribution in [0.25, 0.3) is 0 Å². The van der Waals surface area contributed by atoms with Gasteiger partial charge >= 0.3 is 0 Å². The molecule has 0 unspecified atom stereocenters. The minimum absolute atomic E-state index is 0.0271. The number of hydrogen-bond donors (Lipinski definition) is 0. The molecule has 3 aromatic carbocycles. The molecule has 0 aliphatic carbocycles. The molecule has 3 aromatic rings. The molecule has 0 aromatic heterocycles. The Bertz CT molecular complexity index is 956. The Balaban J connectivity index is 1.63. The van der Waals surface area contributed by atoms with E-state index in [1.165, 1.54) is 29.3 Å². The highest BCUT2D eigenvalue weighted by Crippen LogP contribution is 2.45.